The lowest BCUT2D eigenvalue weighted by Crippen LogP contribution is -1.97. The Labute approximate surface area is 135 Å². The fraction of sp³-hybridized carbons (Fsp3) is 0.0625. The Morgan fingerprint density at radius 1 is 1.00 bits per heavy atom. The fourth-order valence-electron chi connectivity index (χ4n) is 2.06. The third-order valence-electron chi connectivity index (χ3n) is 3.07. The van der Waals surface area contributed by atoms with Crippen molar-refractivity contribution in [3.05, 3.63) is 69.6 Å². The highest BCUT2D eigenvalue weighted by atomic mass is 35.5. The second-order valence-electron chi connectivity index (χ2n) is 4.67. The van der Waals surface area contributed by atoms with Crippen LogP contribution in [0.3, 0.4) is 0 Å². The molecule has 0 radical (unpaired) electrons. The van der Waals surface area contributed by atoms with E-state index in [4.69, 9.17) is 11.6 Å². The lowest BCUT2D eigenvalue weighted by Gasteiger charge is -2.07. The molecule has 6 heteroatoms. The molecule has 0 aliphatic rings. The SMILES string of the molecule is Fc1cc(F)cc(-c2ccc(NCc3cnc(Cl)s3)cc2)c1. The van der Waals surface area contributed by atoms with Crippen molar-refractivity contribution in [2.24, 2.45) is 0 Å². The van der Waals surface area contributed by atoms with E-state index >= 15 is 0 Å². The van der Waals surface area contributed by atoms with Gasteiger partial charge in [-0.15, -0.1) is 11.3 Å². The van der Waals surface area contributed by atoms with Crippen molar-refractivity contribution in [1.29, 1.82) is 0 Å². The third-order valence-corrected chi connectivity index (χ3v) is 4.19. The minimum Gasteiger partial charge on any atom is -0.380 e. The summed E-state index contributed by atoms with van der Waals surface area (Å²) in [6, 6.07) is 10.8. The molecule has 0 fully saturated rings. The molecule has 0 aliphatic heterocycles. The molecule has 2 aromatic carbocycles. The van der Waals surface area contributed by atoms with Crippen molar-refractivity contribution in [3.8, 4) is 11.1 Å². The van der Waals surface area contributed by atoms with Crippen LogP contribution in [0, 0.1) is 11.6 Å². The molecular weight excluding hydrogens is 326 g/mol. The Morgan fingerprint density at radius 2 is 1.68 bits per heavy atom. The predicted octanol–water partition coefficient (Wildman–Crippen LogP) is 5.35. The maximum Gasteiger partial charge on any atom is 0.183 e. The number of rotatable bonds is 4. The van der Waals surface area contributed by atoms with Gasteiger partial charge in [-0.25, -0.2) is 13.8 Å². The van der Waals surface area contributed by atoms with E-state index in [1.165, 1.54) is 23.5 Å². The van der Waals surface area contributed by atoms with Crippen molar-refractivity contribution in [2.45, 2.75) is 6.54 Å². The van der Waals surface area contributed by atoms with Gasteiger partial charge >= 0.3 is 0 Å². The summed E-state index contributed by atoms with van der Waals surface area (Å²) in [6.45, 7) is 0.623. The molecule has 0 amide bonds. The van der Waals surface area contributed by atoms with E-state index in [1.54, 1.807) is 6.20 Å². The topological polar surface area (TPSA) is 24.9 Å². The number of benzene rings is 2. The first kappa shape index (κ1) is 14.9. The van der Waals surface area contributed by atoms with E-state index in [1.807, 2.05) is 24.3 Å². The molecule has 0 atom stereocenters. The monoisotopic (exact) mass is 336 g/mol. The van der Waals surface area contributed by atoms with Gasteiger partial charge in [0.1, 0.15) is 11.6 Å². The van der Waals surface area contributed by atoms with E-state index in [-0.39, 0.29) is 0 Å². The van der Waals surface area contributed by atoms with Gasteiger partial charge in [0, 0.05) is 22.8 Å². The minimum absolute atomic E-state index is 0.512. The lowest BCUT2D eigenvalue weighted by atomic mass is 10.1. The van der Waals surface area contributed by atoms with Crippen molar-refractivity contribution in [1.82, 2.24) is 4.98 Å². The van der Waals surface area contributed by atoms with Gasteiger partial charge in [0.25, 0.3) is 0 Å². The van der Waals surface area contributed by atoms with Crippen molar-refractivity contribution >= 4 is 28.6 Å². The molecule has 2 nitrogen and oxygen atoms in total. The summed E-state index contributed by atoms with van der Waals surface area (Å²) in [4.78, 5) is 5.00. The molecule has 0 saturated carbocycles. The third kappa shape index (κ3) is 3.61. The number of hydrogen-bond acceptors (Lipinski definition) is 3. The number of aromatic nitrogens is 1. The average molecular weight is 337 g/mol. The predicted molar refractivity (Wildman–Crippen MR) is 86.2 cm³/mol. The molecule has 1 N–H and O–H groups in total. The largest absolute Gasteiger partial charge is 0.380 e. The van der Waals surface area contributed by atoms with Gasteiger partial charge in [-0.05, 0) is 35.4 Å². The van der Waals surface area contributed by atoms with Crippen LogP contribution in [0.15, 0.2) is 48.7 Å². The van der Waals surface area contributed by atoms with Gasteiger partial charge in [0.15, 0.2) is 4.47 Å². The molecule has 0 aliphatic carbocycles. The first-order chi connectivity index (χ1) is 10.6. The summed E-state index contributed by atoms with van der Waals surface area (Å²) in [5, 5.41) is 3.24. The quantitative estimate of drug-likeness (QED) is 0.694. The normalized spacial score (nSPS) is 10.7. The highest BCUT2D eigenvalue weighted by Gasteiger charge is 2.04. The number of anilines is 1. The molecule has 22 heavy (non-hydrogen) atoms. The second-order valence-corrected chi connectivity index (χ2v) is 6.37. The van der Waals surface area contributed by atoms with E-state index < -0.39 is 11.6 Å². The number of hydrogen-bond donors (Lipinski definition) is 1. The Hall–Kier alpha value is -1.98. The van der Waals surface area contributed by atoms with Crippen molar-refractivity contribution in [2.75, 3.05) is 5.32 Å². The molecule has 1 heterocycles. The van der Waals surface area contributed by atoms with E-state index in [0.717, 1.165) is 22.2 Å². The summed E-state index contributed by atoms with van der Waals surface area (Å²) >= 11 is 7.19. The van der Waals surface area contributed by atoms with Crippen LogP contribution in [0.4, 0.5) is 14.5 Å². The Morgan fingerprint density at radius 3 is 2.27 bits per heavy atom. The number of nitrogens with one attached hydrogen (secondary N) is 1. The van der Waals surface area contributed by atoms with Crippen LogP contribution >= 0.6 is 22.9 Å². The van der Waals surface area contributed by atoms with Crippen LogP contribution < -0.4 is 5.32 Å². The van der Waals surface area contributed by atoms with Crippen LogP contribution in [-0.2, 0) is 6.54 Å². The van der Waals surface area contributed by atoms with Gasteiger partial charge < -0.3 is 5.32 Å². The van der Waals surface area contributed by atoms with Gasteiger partial charge in [-0.3, -0.25) is 0 Å². The number of halogens is 3. The smallest absolute Gasteiger partial charge is 0.183 e. The summed E-state index contributed by atoms with van der Waals surface area (Å²) < 4.78 is 27.0. The highest BCUT2D eigenvalue weighted by molar-refractivity contribution is 7.15. The van der Waals surface area contributed by atoms with Crippen LogP contribution in [-0.4, -0.2) is 4.98 Å². The van der Waals surface area contributed by atoms with E-state index in [9.17, 15) is 8.78 Å². The number of thiazole rings is 1. The minimum atomic E-state index is -0.584. The van der Waals surface area contributed by atoms with Crippen molar-refractivity contribution in [3.63, 3.8) is 0 Å². The van der Waals surface area contributed by atoms with Gasteiger partial charge in [0.2, 0.25) is 0 Å². The van der Waals surface area contributed by atoms with Crippen LogP contribution in [0.1, 0.15) is 4.88 Å². The number of nitrogens with zero attached hydrogens (tertiary/aromatic N) is 1. The molecular formula is C16H11ClF2N2S. The Kier molecular flexibility index (Phi) is 4.36. The Balaban J connectivity index is 1.72. The molecule has 1 aromatic heterocycles. The van der Waals surface area contributed by atoms with Gasteiger partial charge in [0.05, 0.1) is 6.54 Å². The first-order valence-corrected chi connectivity index (χ1v) is 7.70. The summed E-state index contributed by atoms with van der Waals surface area (Å²) in [5.74, 6) is -1.17. The second kappa shape index (κ2) is 6.42. The maximum atomic E-state index is 13.2. The van der Waals surface area contributed by atoms with Crippen LogP contribution in [0.5, 0.6) is 0 Å². The molecule has 0 bridgehead atoms. The zero-order chi connectivity index (χ0) is 15.5. The fourth-order valence-corrected chi connectivity index (χ4v) is 2.97. The molecule has 0 saturated heterocycles. The maximum absolute atomic E-state index is 13.2. The molecule has 0 unspecified atom stereocenters. The van der Waals surface area contributed by atoms with Gasteiger partial charge in [-0.1, -0.05) is 23.7 Å². The van der Waals surface area contributed by atoms with Crippen LogP contribution in [0.25, 0.3) is 11.1 Å². The molecule has 3 rings (SSSR count). The molecule has 0 spiro atoms. The summed E-state index contributed by atoms with van der Waals surface area (Å²) in [6.07, 6.45) is 1.73. The zero-order valence-corrected chi connectivity index (χ0v) is 12.9. The average Bonchev–Trinajstić information content (AvgIpc) is 2.90. The summed E-state index contributed by atoms with van der Waals surface area (Å²) in [7, 11) is 0. The zero-order valence-electron chi connectivity index (χ0n) is 11.3. The van der Waals surface area contributed by atoms with E-state index in [2.05, 4.69) is 10.3 Å². The Bertz CT molecular complexity index is 767. The van der Waals surface area contributed by atoms with Gasteiger partial charge in [-0.2, -0.15) is 0 Å². The molecule has 112 valence electrons. The standard InChI is InChI=1S/C16H11ClF2N2S/c17-16-21-9-15(22-16)8-20-14-3-1-10(2-4-14)11-5-12(18)7-13(19)6-11/h1-7,9,20H,8H2. The lowest BCUT2D eigenvalue weighted by molar-refractivity contribution is 0.584. The van der Waals surface area contributed by atoms with Crippen molar-refractivity contribution < 1.29 is 8.78 Å². The first-order valence-electron chi connectivity index (χ1n) is 6.51. The summed E-state index contributed by atoms with van der Waals surface area (Å²) in [5.41, 5.74) is 2.17. The van der Waals surface area contributed by atoms with E-state index in [0.29, 0.717) is 16.6 Å². The highest BCUT2D eigenvalue weighted by Crippen LogP contribution is 2.24. The van der Waals surface area contributed by atoms with Crippen LogP contribution in [0.2, 0.25) is 4.47 Å². The molecule has 3 aromatic rings.